The van der Waals surface area contributed by atoms with Crippen molar-refractivity contribution in [3.8, 4) is 0 Å². The Morgan fingerprint density at radius 1 is 1.60 bits per heavy atom. The van der Waals surface area contributed by atoms with Crippen LogP contribution in [0.1, 0.15) is 20.3 Å². The fourth-order valence-corrected chi connectivity index (χ4v) is 1.05. The Bertz CT molecular complexity index is 123. The second kappa shape index (κ2) is 2.46. The lowest BCUT2D eigenvalue weighted by molar-refractivity contribution is 0.144. The molecule has 0 saturated heterocycles. The summed E-state index contributed by atoms with van der Waals surface area (Å²) in [5, 5.41) is 2.80. The van der Waals surface area contributed by atoms with Gasteiger partial charge in [-0.05, 0) is 11.8 Å². The number of nitrogens with one attached hydrogen (secondary N) is 1. The predicted octanol–water partition coefficient (Wildman–Crippen LogP) is 1.64. The van der Waals surface area contributed by atoms with E-state index in [1.54, 1.807) is 0 Å². The third-order valence-electron chi connectivity index (χ3n) is 2.03. The van der Waals surface area contributed by atoms with Crippen LogP contribution in [-0.2, 0) is 0 Å². The van der Waals surface area contributed by atoms with Crippen LogP contribution in [0.2, 0.25) is 0 Å². The van der Waals surface area contributed by atoms with Crippen molar-refractivity contribution in [1.82, 2.24) is 5.32 Å². The van der Waals surface area contributed by atoms with Gasteiger partial charge in [0.25, 0.3) is 6.43 Å². The second-order valence-electron chi connectivity index (χ2n) is 3.54. The van der Waals surface area contributed by atoms with Crippen LogP contribution in [0.3, 0.4) is 0 Å². The molecule has 1 aliphatic rings. The van der Waals surface area contributed by atoms with E-state index >= 15 is 0 Å². The lowest BCUT2D eigenvalue weighted by Gasteiger charge is -2.04. The molecule has 0 spiro atoms. The van der Waals surface area contributed by atoms with E-state index in [0.29, 0.717) is 6.04 Å². The predicted molar refractivity (Wildman–Crippen MR) is 36.2 cm³/mol. The highest BCUT2D eigenvalue weighted by molar-refractivity contribution is 5.01. The van der Waals surface area contributed by atoms with Gasteiger partial charge in [0.2, 0.25) is 0 Å². The van der Waals surface area contributed by atoms with Gasteiger partial charge in [-0.1, -0.05) is 13.8 Å². The maximum atomic E-state index is 11.6. The molecule has 0 heterocycles. The smallest absolute Gasteiger partial charge is 0.250 e. The monoisotopic (exact) mass is 149 g/mol. The lowest BCUT2D eigenvalue weighted by Crippen LogP contribution is -2.26. The zero-order valence-corrected chi connectivity index (χ0v) is 6.32. The molecule has 1 fully saturated rings. The molecule has 0 amide bonds. The second-order valence-corrected chi connectivity index (χ2v) is 3.54. The molecule has 10 heavy (non-hydrogen) atoms. The summed E-state index contributed by atoms with van der Waals surface area (Å²) in [6.07, 6.45) is -1.18. The Balaban J connectivity index is 2.07. The maximum absolute atomic E-state index is 11.6. The number of hydrogen-bond donors (Lipinski definition) is 1. The summed E-state index contributed by atoms with van der Waals surface area (Å²) in [4.78, 5) is 0. The van der Waals surface area contributed by atoms with Crippen molar-refractivity contribution in [2.24, 2.45) is 5.41 Å². The quantitative estimate of drug-likeness (QED) is 0.643. The van der Waals surface area contributed by atoms with Gasteiger partial charge < -0.3 is 5.32 Å². The minimum absolute atomic E-state index is 0.159. The summed E-state index contributed by atoms with van der Waals surface area (Å²) in [6, 6.07) is 0.321. The molecule has 1 nitrogen and oxygen atoms in total. The minimum atomic E-state index is -2.21. The molecule has 0 aromatic rings. The number of rotatable bonds is 3. The summed E-state index contributed by atoms with van der Waals surface area (Å²) in [6.45, 7) is 4.00. The summed E-state index contributed by atoms with van der Waals surface area (Å²) >= 11 is 0. The van der Waals surface area contributed by atoms with E-state index in [-0.39, 0.29) is 12.0 Å². The lowest BCUT2D eigenvalue weighted by atomic mass is 10.2. The van der Waals surface area contributed by atoms with Gasteiger partial charge in [-0.25, -0.2) is 8.78 Å². The van der Waals surface area contributed by atoms with Crippen LogP contribution in [0.5, 0.6) is 0 Å². The molecule has 1 N–H and O–H groups in total. The SMILES string of the molecule is CC1(C)CC1NCC(F)F. The van der Waals surface area contributed by atoms with Crippen LogP contribution < -0.4 is 5.32 Å². The van der Waals surface area contributed by atoms with E-state index < -0.39 is 6.43 Å². The molecule has 0 bridgehead atoms. The van der Waals surface area contributed by atoms with Crippen LogP contribution in [0.15, 0.2) is 0 Å². The van der Waals surface area contributed by atoms with Gasteiger partial charge in [-0.15, -0.1) is 0 Å². The van der Waals surface area contributed by atoms with Gasteiger partial charge in [0.1, 0.15) is 0 Å². The van der Waals surface area contributed by atoms with Crippen molar-refractivity contribution in [3.63, 3.8) is 0 Å². The largest absolute Gasteiger partial charge is 0.308 e. The van der Waals surface area contributed by atoms with Gasteiger partial charge >= 0.3 is 0 Å². The number of halogens is 2. The van der Waals surface area contributed by atoms with Gasteiger partial charge in [0.15, 0.2) is 0 Å². The Labute approximate surface area is 59.8 Å². The molecule has 1 aliphatic carbocycles. The zero-order chi connectivity index (χ0) is 7.78. The highest BCUT2D eigenvalue weighted by Crippen LogP contribution is 2.44. The molecule has 60 valence electrons. The summed E-state index contributed by atoms with van der Waals surface area (Å²) in [5.74, 6) is 0. The van der Waals surface area contributed by atoms with Crippen molar-refractivity contribution in [2.75, 3.05) is 6.54 Å². The highest BCUT2D eigenvalue weighted by atomic mass is 19.3. The van der Waals surface area contributed by atoms with E-state index in [2.05, 4.69) is 19.2 Å². The van der Waals surface area contributed by atoms with E-state index in [1.807, 2.05) is 0 Å². The molecular weight excluding hydrogens is 136 g/mol. The normalized spacial score (nSPS) is 29.1. The molecule has 0 radical (unpaired) electrons. The molecule has 1 saturated carbocycles. The minimum Gasteiger partial charge on any atom is -0.308 e. The molecular formula is C7H13F2N. The van der Waals surface area contributed by atoms with Crippen molar-refractivity contribution in [3.05, 3.63) is 0 Å². The van der Waals surface area contributed by atoms with E-state index in [1.165, 1.54) is 0 Å². The zero-order valence-electron chi connectivity index (χ0n) is 6.32. The average molecular weight is 149 g/mol. The first kappa shape index (κ1) is 7.92. The Hall–Kier alpha value is -0.180. The fraction of sp³-hybridized carbons (Fsp3) is 1.00. The van der Waals surface area contributed by atoms with Crippen LogP contribution in [0, 0.1) is 5.41 Å². The van der Waals surface area contributed by atoms with Crippen LogP contribution in [-0.4, -0.2) is 19.0 Å². The van der Waals surface area contributed by atoms with Crippen molar-refractivity contribution in [2.45, 2.75) is 32.7 Å². The van der Waals surface area contributed by atoms with E-state index in [9.17, 15) is 8.78 Å². The number of alkyl halides is 2. The molecule has 1 atom stereocenters. The van der Waals surface area contributed by atoms with Crippen LogP contribution >= 0.6 is 0 Å². The van der Waals surface area contributed by atoms with E-state index in [4.69, 9.17) is 0 Å². The Kier molecular flexibility index (Phi) is 1.95. The van der Waals surface area contributed by atoms with Gasteiger partial charge in [-0.2, -0.15) is 0 Å². The molecule has 1 unspecified atom stereocenters. The fourth-order valence-electron chi connectivity index (χ4n) is 1.05. The van der Waals surface area contributed by atoms with Gasteiger partial charge in [0.05, 0.1) is 6.54 Å². The van der Waals surface area contributed by atoms with Crippen LogP contribution in [0.25, 0.3) is 0 Å². The molecule has 0 aromatic heterocycles. The first-order chi connectivity index (χ1) is 4.52. The van der Waals surface area contributed by atoms with Crippen molar-refractivity contribution in [1.29, 1.82) is 0 Å². The third kappa shape index (κ3) is 1.90. The van der Waals surface area contributed by atoms with Gasteiger partial charge in [-0.3, -0.25) is 0 Å². The standard InChI is InChI=1S/C7H13F2N/c1-7(2)3-5(7)10-4-6(8)9/h5-6,10H,3-4H2,1-2H3. The maximum Gasteiger partial charge on any atom is 0.250 e. The Morgan fingerprint density at radius 2 is 2.10 bits per heavy atom. The molecule has 3 heteroatoms. The van der Waals surface area contributed by atoms with Gasteiger partial charge in [0, 0.05) is 6.04 Å². The molecule has 0 aromatic carbocycles. The number of hydrogen-bond acceptors (Lipinski definition) is 1. The van der Waals surface area contributed by atoms with Crippen molar-refractivity contribution >= 4 is 0 Å². The molecule has 0 aliphatic heterocycles. The summed E-state index contributed by atoms with van der Waals surface area (Å²) < 4.78 is 23.2. The Morgan fingerprint density at radius 3 is 2.40 bits per heavy atom. The van der Waals surface area contributed by atoms with E-state index in [0.717, 1.165) is 6.42 Å². The first-order valence-electron chi connectivity index (χ1n) is 3.54. The summed E-state index contributed by atoms with van der Waals surface area (Å²) in [5.41, 5.74) is 0.259. The summed E-state index contributed by atoms with van der Waals surface area (Å²) in [7, 11) is 0. The average Bonchev–Trinajstić information content (AvgIpc) is 2.35. The third-order valence-corrected chi connectivity index (χ3v) is 2.03. The van der Waals surface area contributed by atoms with Crippen LogP contribution in [0.4, 0.5) is 8.78 Å². The topological polar surface area (TPSA) is 12.0 Å². The van der Waals surface area contributed by atoms with Crippen molar-refractivity contribution < 1.29 is 8.78 Å². The molecule has 1 rings (SSSR count). The highest BCUT2D eigenvalue weighted by Gasteiger charge is 2.45. The first-order valence-corrected chi connectivity index (χ1v) is 3.54.